The van der Waals surface area contributed by atoms with Crippen LogP contribution in [0, 0.1) is 0 Å². The number of pyridine rings is 1. The van der Waals surface area contributed by atoms with Gasteiger partial charge in [-0.2, -0.15) is 5.10 Å². The van der Waals surface area contributed by atoms with Crippen LogP contribution >= 0.6 is 0 Å². The highest BCUT2D eigenvalue weighted by molar-refractivity contribution is 5.79. The predicted molar refractivity (Wildman–Crippen MR) is 108 cm³/mol. The van der Waals surface area contributed by atoms with Gasteiger partial charge in [0.1, 0.15) is 17.3 Å². The molecule has 4 heterocycles. The standard InChI is InChI=1S/C20H24N6O3/c1-14(2)29-20(27)25-11-9-24(10-12-25)17-6-8-26-19(23-17)15(13-22-26)18-16(28-3)5-4-7-21-18/h4-8,13-14H,9-12H2,1-3H3. The van der Waals surface area contributed by atoms with Gasteiger partial charge in [-0.25, -0.2) is 14.3 Å². The van der Waals surface area contributed by atoms with Crippen LogP contribution in [0.2, 0.25) is 0 Å². The lowest BCUT2D eigenvalue weighted by atomic mass is 10.2. The zero-order chi connectivity index (χ0) is 20.4. The quantitative estimate of drug-likeness (QED) is 0.670. The Morgan fingerprint density at radius 3 is 2.69 bits per heavy atom. The summed E-state index contributed by atoms with van der Waals surface area (Å²) in [5.41, 5.74) is 2.22. The summed E-state index contributed by atoms with van der Waals surface area (Å²) < 4.78 is 12.5. The number of amides is 1. The molecule has 1 aliphatic rings. The second-order valence-corrected chi connectivity index (χ2v) is 7.07. The second-order valence-electron chi connectivity index (χ2n) is 7.07. The molecule has 3 aromatic rings. The van der Waals surface area contributed by atoms with Gasteiger partial charge in [0.25, 0.3) is 0 Å². The number of hydrogen-bond donors (Lipinski definition) is 0. The molecule has 0 atom stereocenters. The largest absolute Gasteiger partial charge is 0.494 e. The SMILES string of the molecule is COc1cccnc1-c1cnn2ccc(N3CCN(C(=O)OC(C)C)CC3)nc12. The first kappa shape index (κ1) is 19.0. The van der Waals surface area contributed by atoms with Crippen molar-refractivity contribution in [1.82, 2.24) is 24.5 Å². The summed E-state index contributed by atoms with van der Waals surface area (Å²) in [4.78, 5) is 25.3. The monoisotopic (exact) mass is 396 g/mol. The Bertz CT molecular complexity index is 1010. The number of fused-ring (bicyclic) bond motifs is 1. The van der Waals surface area contributed by atoms with E-state index in [0.717, 1.165) is 11.4 Å². The summed E-state index contributed by atoms with van der Waals surface area (Å²) in [7, 11) is 1.62. The molecule has 0 spiro atoms. The lowest BCUT2D eigenvalue weighted by Gasteiger charge is -2.35. The molecule has 1 amide bonds. The highest BCUT2D eigenvalue weighted by Crippen LogP contribution is 2.30. The highest BCUT2D eigenvalue weighted by atomic mass is 16.6. The maximum absolute atomic E-state index is 12.1. The van der Waals surface area contributed by atoms with Crippen molar-refractivity contribution in [1.29, 1.82) is 0 Å². The molecule has 0 unspecified atom stereocenters. The Balaban J connectivity index is 1.56. The van der Waals surface area contributed by atoms with E-state index in [1.54, 1.807) is 28.9 Å². The number of ether oxygens (including phenoxy) is 2. The van der Waals surface area contributed by atoms with E-state index in [4.69, 9.17) is 14.5 Å². The Morgan fingerprint density at radius 2 is 1.97 bits per heavy atom. The van der Waals surface area contributed by atoms with Gasteiger partial charge in [-0.3, -0.25) is 4.98 Å². The number of methoxy groups -OCH3 is 1. The molecule has 152 valence electrons. The molecular formula is C20H24N6O3. The van der Waals surface area contributed by atoms with Crippen molar-refractivity contribution in [3.05, 3.63) is 36.8 Å². The van der Waals surface area contributed by atoms with Gasteiger partial charge in [-0.15, -0.1) is 0 Å². The van der Waals surface area contributed by atoms with Crippen molar-refractivity contribution in [2.75, 3.05) is 38.2 Å². The van der Waals surface area contributed by atoms with Crippen molar-refractivity contribution in [3.63, 3.8) is 0 Å². The van der Waals surface area contributed by atoms with E-state index in [0.29, 0.717) is 43.3 Å². The van der Waals surface area contributed by atoms with Crippen molar-refractivity contribution < 1.29 is 14.3 Å². The Morgan fingerprint density at radius 1 is 1.17 bits per heavy atom. The first-order valence-electron chi connectivity index (χ1n) is 9.61. The number of carbonyl (C=O) groups excluding carboxylic acids is 1. The third kappa shape index (κ3) is 3.80. The van der Waals surface area contributed by atoms with Crippen molar-refractivity contribution >= 4 is 17.6 Å². The lowest BCUT2D eigenvalue weighted by Crippen LogP contribution is -2.49. The van der Waals surface area contributed by atoms with E-state index < -0.39 is 0 Å². The molecule has 0 N–H and O–H groups in total. The first-order chi connectivity index (χ1) is 14.1. The summed E-state index contributed by atoms with van der Waals surface area (Å²) in [5, 5.41) is 4.39. The van der Waals surface area contributed by atoms with Gasteiger partial charge in [0.15, 0.2) is 5.65 Å². The molecule has 1 aliphatic heterocycles. The van der Waals surface area contributed by atoms with Crippen LogP contribution < -0.4 is 9.64 Å². The molecule has 1 fully saturated rings. The van der Waals surface area contributed by atoms with Gasteiger partial charge in [-0.1, -0.05) is 0 Å². The van der Waals surface area contributed by atoms with Gasteiger partial charge in [0, 0.05) is 38.6 Å². The van der Waals surface area contributed by atoms with Crippen molar-refractivity contribution in [3.8, 4) is 17.0 Å². The fourth-order valence-corrected chi connectivity index (χ4v) is 3.35. The Kier molecular flexibility index (Phi) is 5.20. The first-order valence-corrected chi connectivity index (χ1v) is 9.61. The van der Waals surface area contributed by atoms with Crippen LogP contribution in [0.25, 0.3) is 16.9 Å². The summed E-state index contributed by atoms with van der Waals surface area (Å²) in [5.74, 6) is 1.51. The van der Waals surface area contributed by atoms with E-state index in [2.05, 4.69) is 15.0 Å². The van der Waals surface area contributed by atoms with Crippen LogP contribution in [-0.4, -0.2) is 70.0 Å². The normalized spacial score (nSPS) is 14.5. The maximum Gasteiger partial charge on any atom is 0.410 e. The molecule has 9 nitrogen and oxygen atoms in total. The van der Waals surface area contributed by atoms with Gasteiger partial charge in [-0.05, 0) is 32.0 Å². The van der Waals surface area contributed by atoms with E-state index in [1.165, 1.54) is 0 Å². The predicted octanol–water partition coefficient (Wildman–Crippen LogP) is 2.47. The smallest absolute Gasteiger partial charge is 0.410 e. The summed E-state index contributed by atoms with van der Waals surface area (Å²) in [6.45, 7) is 6.27. The van der Waals surface area contributed by atoms with E-state index in [1.807, 2.05) is 38.2 Å². The number of nitrogens with zero attached hydrogens (tertiary/aromatic N) is 6. The van der Waals surface area contributed by atoms with Crippen LogP contribution in [0.1, 0.15) is 13.8 Å². The Labute approximate surface area is 168 Å². The van der Waals surface area contributed by atoms with Crippen LogP contribution in [0.3, 0.4) is 0 Å². The zero-order valence-corrected chi connectivity index (χ0v) is 16.8. The molecule has 1 saturated heterocycles. The highest BCUT2D eigenvalue weighted by Gasteiger charge is 2.24. The van der Waals surface area contributed by atoms with E-state index >= 15 is 0 Å². The minimum Gasteiger partial charge on any atom is -0.494 e. The van der Waals surface area contributed by atoms with Crippen LogP contribution in [-0.2, 0) is 4.74 Å². The van der Waals surface area contributed by atoms with E-state index in [-0.39, 0.29) is 12.2 Å². The lowest BCUT2D eigenvalue weighted by molar-refractivity contribution is 0.0751. The zero-order valence-electron chi connectivity index (χ0n) is 16.8. The molecular weight excluding hydrogens is 372 g/mol. The fourth-order valence-electron chi connectivity index (χ4n) is 3.35. The fraction of sp³-hybridized carbons (Fsp3) is 0.400. The summed E-state index contributed by atoms with van der Waals surface area (Å²) in [6, 6.07) is 5.63. The molecule has 29 heavy (non-hydrogen) atoms. The number of aromatic nitrogens is 4. The van der Waals surface area contributed by atoms with Gasteiger partial charge >= 0.3 is 6.09 Å². The third-order valence-corrected chi connectivity index (χ3v) is 4.80. The molecule has 4 rings (SSSR count). The number of anilines is 1. The van der Waals surface area contributed by atoms with Crippen molar-refractivity contribution in [2.45, 2.75) is 20.0 Å². The molecule has 0 bridgehead atoms. The third-order valence-electron chi connectivity index (χ3n) is 4.80. The number of rotatable bonds is 4. The van der Waals surface area contributed by atoms with Crippen LogP contribution in [0.15, 0.2) is 36.8 Å². The number of carbonyl (C=O) groups is 1. The topological polar surface area (TPSA) is 85.1 Å². The average Bonchev–Trinajstić information content (AvgIpc) is 3.16. The van der Waals surface area contributed by atoms with Gasteiger partial charge in [0.2, 0.25) is 0 Å². The number of piperazine rings is 1. The minimum atomic E-state index is -0.261. The number of hydrogen-bond acceptors (Lipinski definition) is 7. The average molecular weight is 396 g/mol. The molecule has 0 aromatic carbocycles. The van der Waals surface area contributed by atoms with Gasteiger partial charge < -0.3 is 19.3 Å². The van der Waals surface area contributed by atoms with Gasteiger partial charge in [0.05, 0.1) is 25.0 Å². The minimum absolute atomic E-state index is 0.117. The summed E-state index contributed by atoms with van der Waals surface area (Å²) >= 11 is 0. The molecule has 0 radical (unpaired) electrons. The van der Waals surface area contributed by atoms with Crippen LogP contribution in [0.4, 0.5) is 10.6 Å². The molecule has 3 aromatic heterocycles. The molecule has 0 saturated carbocycles. The molecule has 9 heteroatoms. The summed E-state index contributed by atoms with van der Waals surface area (Å²) in [6.07, 6.45) is 4.98. The maximum atomic E-state index is 12.1. The molecule has 0 aliphatic carbocycles. The van der Waals surface area contributed by atoms with Crippen LogP contribution in [0.5, 0.6) is 5.75 Å². The Hall–Kier alpha value is -3.36. The second kappa shape index (κ2) is 7.94. The van der Waals surface area contributed by atoms with Crippen molar-refractivity contribution in [2.24, 2.45) is 0 Å². The van der Waals surface area contributed by atoms with E-state index in [9.17, 15) is 4.79 Å².